The second-order valence-corrected chi connectivity index (χ2v) is 5.38. The Labute approximate surface area is 116 Å². The number of nitrogens with zero attached hydrogens (tertiary/aromatic N) is 2. The van der Waals surface area contributed by atoms with Crippen molar-refractivity contribution in [3.05, 3.63) is 47.4 Å². The fourth-order valence-electron chi connectivity index (χ4n) is 1.40. The summed E-state index contributed by atoms with van der Waals surface area (Å²) in [5, 5.41) is 4.72. The lowest BCUT2D eigenvalue weighted by Crippen LogP contribution is -2.13. The molecule has 94 valence electrons. The molecule has 0 spiro atoms. The average Bonchev–Trinajstić information content (AvgIpc) is 2.41. The molecule has 0 aliphatic rings. The normalized spacial score (nSPS) is 12.4. The van der Waals surface area contributed by atoms with Crippen LogP contribution >= 0.6 is 23.4 Å². The maximum Gasteiger partial charge on any atom is 0.101 e. The van der Waals surface area contributed by atoms with Crippen molar-refractivity contribution in [2.45, 2.75) is 22.9 Å². The summed E-state index contributed by atoms with van der Waals surface area (Å²) in [6, 6.07) is 8.08. The van der Waals surface area contributed by atoms with Crippen LogP contribution in [0.1, 0.15) is 18.7 Å². The van der Waals surface area contributed by atoms with Gasteiger partial charge < -0.3 is 5.32 Å². The number of nitrogens with one attached hydrogen (secondary N) is 1. The first kappa shape index (κ1) is 13.3. The summed E-state index contributed by atoms with van der Waals surface area (Å²) < 4.78 is 0. The van der Waals surface area contributed by atoms with E-state index in [1.165, 1.54) is 0 Å². The van der Waals surface area contributed by atoms with Gasteiger partial charge in [0.05, 0.1) is 10.7 Å². The third-order valence-corrected chi connectivity index (χ3v) is 3.71. The molecule has 0 saturated carbocycles. The van der Waals surface area contributed by atoms with E-state index in [1.54, 1.807) is 18.0 Å². The summed E-state index contributed by atoms with van der Waals surface area (Å²) >= 11 is 7.37. The minimum Gasteiger partial charge on any atom is -0.312 e. The average molecular weight is 280 g/mol. The van der Waals surface area contributed by atoms with E-state index in [9.17, 15) is 0 Å². The van der Waals surface area contributed by atoms with Crippen LogP contribution in [0.25, 0.3) is 0 Å². The number of rotatable bonds is 4. The molecule has 2 aromatic heterocycles. The van der Waals surface area contributed by atoms with Crippen molar-refractivity contribution >= 4 is 23.4 Å². The van der Waals surface area contributed by atoms with Crippen molar-refractivity contribution in [3.63, 3.8) is 0 Å². The summed E-state index contributed by atoms with van der Waals surface area (Å²) in [7, 11) is 1.92. The second kappa shape index (κ2) is 6.18. The van der Waals surface area contributed by atoms with Gasteiger partial charge in [-0.25, -0.2) is 4.98 Å². The molecule has 0 aliphatic heterocycles. The highest BCUT2D eigenvalue weighted by molar-refractivity contribution is 7.99. The molecule has 0 saturated heterocycles. The van der Waals surface area contributed by atoms with Gasteiger partial charge in [0.2, 0.25) is 0 Å². The van der Waals surface area contributed by atoms with Gasteiger partial charge in [0, 0.05) is 23.3 Å². The molecule has 1 N–H and O–H groups in total. The zero-order valence-electron chi connectivity index (χ0n) is 10.2. The lowest BCUT2D eigenvalue weighted by molar-refractivity contribution is 0.631. The molecular formula is C13H14ClN3S. The van der Waals surface area contributed by atoms with Crippen molar-refractivity contribution in [3.8, 4) is 0 Å². The molecule has 0 bridgehead atoms. The quantitative estimate of drug-likeness (QED) is 0.929. The Balaban J connectivity index is 2.08. The minimum absolute atomic E-state index is 0.262. The number of aromatic nitrogens is 2. The monoisotopic (exact) mass is 279 g/mol. The molecule has 1 unspecified atom stereocenters. The Kier molecular flexibility index (Phi) is 4.58. The van der Waals surface area contributed by atoms with Crippen molar-refractivity contribution < 1.29 is 0 Å². The summed E-state index contributed by atoms with van der Waals surface area (Å²) in [5.41, 5.74) is 1.03. The van der Waals surface area contributed by atoms with Crippen LogP contribution in [0.4, 0.5) is 0 Å². The van der Waals surface area contributed by atoms with Gasteiger partial charge in [0.15, 0.2) is 0 Å². The fraction of sp³-hybridized carbons (Fsp3) is 0.231. The third-order valence-electron chi connectivity index (χ3n) is 2.56. The molecule has 5 heteroatoms. The fourth-order valence-corrected chi connectivity index (χ4v) is 2.24. The SMILES string of the molecule is CNC(C)c1ccc(Sc2ccc(Cl)cn2)cn1. The van der Waals surface area contributed by atoms with E-state index in [0.717, 1.165) is 15.6 Å². The maximum atomic E-state index is 5.80. The Morgan fingerprint density at radius 1 is 1.17 bits per heavy atom. The highest BCUT2D eigenvalue weighted by Crippen LogP contribution is 2.26. The van der Waals surface area contributed by atoms with E-state index in [1.807, 2.05) is 31.4 Å². The molecule has 2 rings (SSSR count). The van der Waals surface area contributed by atoms with Crippen LogP contribution in [0.5, 0.6) is 0 Å². The van der Waals surface area contributed by atoms with E-state index in [-0.39, 0.29) is 6.04 Å². The molecule has 18 heavy (non-hydrogen) atoms. The predicted octanol–water partition coefficient (Wildman–Crippen LogP) is 3.56. The molecule has 3 nitrogen and oxygen atoms in total. The van der Waals surface area contributed by atoms with Gasteiger partial charge in [-0.3, -0.25) is 4.98 Å². The van der Waals surface area contributed by atoms with Crippen LogP contribution < -0.4 is 5.32 Å². The number of hydrogen-bond donors (Lipinski definition) is 1. The first-order valence-corrected chi connectivity index (χ1v) is 6.81. The molecule has 0 radical (unpaired) electrons. The first-order valence-electron chi connectivity index (χ1n) is 5.61. The van der Waals surface area contributed by atoms with Crippen molar-refractivity contribution in [1.82, 2.24) is 15.3 Å². The molecular weight excluding hydrogens is 266 g/mol. The predicted molar refractivity (Wildman–Crippen MR) is 75.1 cm³/mol. The summed E-state index contributed by atoms with van der Waals surface area (Å²) in [4.78, 5) is 9.73. The second-order valence-electron chi connectivity index (χ2n) is 3.85. The molecule has 0 aromatic carbocycles. The van der Waals surface area contributed by atoms with Gasteiger partial charge in [-0.2, -0.15) is 0 Å². The van der Waals surface area contributed by atoms with Gasteiger partial charge in [-0.05, 0) is 38.2 Å². The summed E-state index contributed by atoms with van der Waals surface area (Å²) in [5.74, 6) is 0. The maximum absolute atomic E-state index is 5.80. The zero-order valence-corrected chi connectivity index (χ0v) is 11.8. The van der Waals surface area contributed by atoms with E-state index in [0.29, 0.717) is 5.02 Å². The van der Waals surface area contributed by atoms with Crippen molar-refractivity contribution in [2.24, 2.45) is 0 Å². The summed E-state index contributed by atoms with van der Waals surface area (Å²) in [6.07, 6.45) is 3.51. The number of pyridine rings is 2. The van der Waals surface area contributed by atoms with Gasteiger partial charge in [-0.1, -0.05) is 23.4 Å². The number of hydrogen-bond acceptors (Lipinski definition) is 4. The highest BCUT2D eigenvalue weighted by atomic mass is 35.5. The Hall–Kier alpha value is -1.10. The van der Waals surface area contributed by atoms with Gasteiger partial charge >= 0.3 is 0 Å². The van der Waals surface area contributed by atoms with Crippen LogP contribution in [0.3, 0.4) is 0 Å². The van der Waals surface area contributed by atoms with Crippen LogP contribution in [0, 0.1) is 0 Å². The van der Waals surface area contributed by atoms with Crippen LogP contribution in [-0.4, -0.2) is 17.0 Å². The largest absolute Gasteiger partial charge is 0.312 e. The molecule has 1 atom stereocenters. The number of halogens is 1. The van der Waals surface area contributed by atoms with E-state index in [4.69, 9.17) is 11.6 Å². The Morgan fingerprint density at radius 3 is 2.56 bits per heavy atom. The lowest BCUT2D eigenvalue weighted by atomic mass is 10.2. The lowest BCUT2D eigenvalue weighted by Gasteiger charge is -2.09. The molecule has 2 heterocycles. The van der Waals surface area contributed by atoms with Crippen LogP contribution in [0.2, 0.25) is 5.02 Å². The van der Waals surface area contributed by atoms with E-state index in [2.05, 4.69) is 28.3 Å². The van der Waals surface area contributed by atoms with Crippen molar-refractivity contribution in [1.29, 1.82) is 0 Å². The van der Waals surface area contributed by atoms with Crippen molar-refractivity contribution in [2.75, 3.05) is 7.05 Å². The molecule has 0 aliphatic carbocycles. The van der Waals surface area contributed by atoms with Crippen LogP contribution in [0.15, 0.2) is 46.6 Å². The van der Waals surface area contributed by atoms with Gasteiger partial charge in [-0.15, -0.1) is 0 Å². The Morgan fingerprint density at radius 2 is 2.00 bits per heavy atom. The van der Waals surface area contributed by atoms with E-state index < -0.39 is 0 Å². The zero-order chi connectivity index (χ0) is 13.0. The highest BCUT2D eigenvalue weighted by Gasteiger charge is 2.04. The Bertz CT molecular complexity index is 499. The van der Waals surface area contributed by atoms with Gasteiger partial charge in [0.1, 0.15) is 5.03 Å². The van der Waals surface area contributed by atoms with Crippen LogP contribution in [-0.2, 0) is 0 Å². The molecule has 0 amide bonds. The van der Waals surface area contributed by atoms with Gasteiger partial charge in [0.25, 0.3) is 0 Å². The standard InChI is InChI=1S/C13H14ClN3S/c1-9(15-2)12-5-4-11(8-16-12)18-13-6-3-10(14)7-17-13/h3-9,15H,1-2H3. The minimum atomic E-state index is 0.262. The smallest absolute Gasteiger partial charge is 0.101 e. The molecule has 2 aromatic rings. The first-order chi connectivity index (χ1) is 8.69. The molecule has 0 fully saturated rings. The third kappa shape index (κ3) is 3.45. The topological polar surface area (TPSA) is 37.8 Å². The summed E-state index contributed by atoms with van der Waals surface area (Å²) in [6.45, 7) is 2.08. The van der Waals surface area contributed by atoms with E-state index >= 15 is 0 Å².